The second-order valence-electron chi connectivity index (χ2n) is 4.53. The highest BCUT2D eigenvalue weighted by Crippen LogP contribution is 2.32. The van der Waals surface area contributed by atoms with Crippen LogP contribution < -0.4 is 0 Å². The van der Waals surface area contributed by atoms with Crippen molar-refractivity contribution in [3.8, 4) is 23.0 Å². The molecule has 0 saturated carbocycles. The molecule has 0 aliphatic carbocycles. The normalized spacial score (nSPS) is 10.7. The maximum absolute atomic E-state index is 9.95. The van der Waals surface area contributed by atoms with Gasteiger partial charge in [0, 0.05) is 30.2 Å². The minimum Gasteiger partial charge on any atom is -0.508 e. The number of aromatic hydroxyl groups is 4. The summed E-state index contributed by atoms with van der Waals surface area (Å²) in [6, 6.07) is 7.01. The third-order valence-corrected chi connectivity index (χ3v) is 3.02. The van der Waals surface area contributed by atoms with Crippen molar-refractivity contribution in [2.75, 3.05) is 7.11 Å². The number of hydrogen-bond acceptors (Lipinski definition) is 5. The molecule has 2 aromatic carbocycles. The van der Waals surface area contributed by atoms with E-state index in [1.54, 1.807) is 0 Å². The van der Waals surface area contributed by atoms with Gasteiger partial charge in [0.05, 0.1) is 6.61 Å². The highest BCUT2D eigenvalue weighted by molar-refractivity contribution is 5.49. The highest BCUT2D eigenvalue weighted by Gasteiger charge is 2.11. The van der Waals surface area contributed by atoms with Gasteiger partial charge in [0.15, 0.2) is 0 Å². The van der Waals surface area contributed by atoms with E-state index in [0.717, 1.165) is 0 Å². The van der Waals surface area contributed by atoms with Crippen LogP contribution in [0.4, 0.5) is 0 Å². The summed E-state index contributed by atoms with van der Waals surface area (Å²) in [4.78, 5) is 0. The van der Waals surface area contributed by atoms with E-state index in [0.29, 0.717) is 16.7 Å². The summed E-state index contributed by atoms with van der Waals surface area (Å²) in [5.41, 5.74) is 1.39. The molecule has 0 aliphatic heterocycles. The first kappa shape index (κ1) is 14.0. The minimum atomic E-state index is -0.00223. The summed E-state index contributed by atoms with van der Waals surface area (Å²) in [5.74, 6) is 0.0528. The Bertz CT molecular complexity index is 622. The molecule has 0 bridgehead atoms. The summed E-state index contributed by atoms with van der Waals surface area (Å²) >= 11 is 0. The molecule has 0 atom stereocenters. The summed E-state index contributed by atoms with van der Waals surface area (Å²) in [6.45, 7) is 0.192. The molecule has 0 amide bonds. The van der Waals surface area contributed by atoms with Crippen molar-refractivity contribution in [1.82, 2.24) is 0 Å². The van der Waals surface area contributed by atoms with E-state index in [4.69, 9.17) is 4.74 Å². The molecule has 0 spiro atoms. The second-order valence-corrected chi connectivity index (χ2v) is 4.53. The van der Waals surface area contributed by atoms with Gasteiger partial charge in [-0.1, -0.05) is 0 Å². The lowest BCUT2D eigenvalue weighted by Crippen LogP contribution is -1.94. The van der Waals surface area contributed by atoms with Crippen LogP contribution in [0.1, 0.15) is 16.7 Å². The molecule has 0 radical (unpaired) electrons. The fourth-order valence-electron chi connectivity index (χ4n) is 1.99. The van der Waals surface area contributed by atoms with E-state index in [-0.39, 0.29) is 36.0 Å². The van der Waals surface area contributed by atoms with Crippen LogP contribution in [0.3, 0.4) is 0 Å². The Hall–Kier alpha value is -2.40. The van der Waals surface area contributed by atoms with E-state index in [9.17, 15) is 20.4 Å². The Balaban J connectivity index is 2.34. The van der Waals surface area contributed by atoms with Crippen LogP contribution in [0.15, 0.2) is 30.3 Å². The number of rotatable bonds is 4. The first-order valence-electron chi connectivity index (χ1n) is 6.04. The average Bonchev–Trinajstić information content (AvgIpc) is 2.40. The molecule has 0 aliphatic rings. The van der Waals surface area contributed by atoms with Crippen molar-refractivity contribution in [3.63, 3.8) is 0 Å². The first-order valence-corrected chi connectivity index (χ1v) is 6.04. The number of hydrogen-bond donors (Lipinski definition) is 4. The van der Waals surface area contributed by atoms with Crippen LogP contribution >= 0.6 is 0 Å². The Morgan fingerprint density at radius 2 is 1.40 bits per heavy atom. The lowest BCUT2D eigenvalue weighted by atomic mass is 10.0. The Kier molecular flexibility index (Phi) is 4.00. The second kappa shape index (κ2) is 5.71. The molecule has 5 heteroatoms. The fourth-order valence-corrected chi connectivity index (χ4v) is 1.99. The minimum absolute atomic E-state index is 0.00223. The van der Waals surface area contributed by atoms with Crippen LogP contribution in [0.5, 0.6) is 23.0 Å². The molecular formula is C15H16O5. The van der Waals surface area contributed by atoms with Gasteiger partial charge in [-0.05, 0) is 30.3 Å². The van der Waals surface area contributed by atoms with Gasteiger partial charge in [-0.15, -0.1) is 0 Å². The first-order chi connectivity index (χ1) is 9.51. The number of phenols is 4. The Morgan fingerprint density at radius 1 is 0.800 bits per heavy atom. The third-order valence-electron chi connectivity index (χ3n) is 3.02. The monoisotopic (exact) mass is 276 g/mol. The van der Waals surface area contributed by atoms with Gasteiger partial charge in [-0.25, -0.2) is 0 Å². The third kappa shape index (κ3) is 2.95. The van der Waals surface area contributed by atoms with Crippen molar-refractivity contribution in [2.45, 2.75) is 13.0 Å². The maximum atomic E-state index is 9.95. The molecule has 0 unspecified atom stereocenters. The maximum Gasteiger partial charge on any atom is 0.121 e. The van der Waals surface area contributed by atoms with Gasteiger partial charge in [-0.3, -0.25) is 0 Å². The fraction of sp³-hybridized carbons (Fsp3) is 0.200. The zero-order valence-corrected chi connectivity index (χ0v) is 11.0. The van der Waals surface area contributed by atoms with Crippen LogP contribution in [0.25, 0.3) is 0 Å². The lowest BCUT2D eigenvalue weighted by molar-refractivity contribution is 0.181. The lowest BCUT2D eigenvalue weighted by Gasteiger charge is -2.11. The van der Waals surface area contributed by atoms with E-state index >= 15 is 0 Å². The van der Waals surface area contributed by atoms with Crippen molar-refractivity contribution >= 4 is 0 Å². The molecule has 0 heterocycles. The predicted molar refractivity (Wildman–Crippen MR) is 73.1 cm³/mol. The van der Waals surface area contributed by atoms with E-state index in [2.05, 4.69) is 0 Å². The zero-order chi connectivity index (χ0) is 14.7. The van der Waals surface area contributed by atoms with E-state index in [1.807, 2.05) is 0 Å². The van der Waals surface area contributed by atoms with Gasteiger partial charge < -0.3 is 25.2 Å². The number of phenolic OH excluding ortho intramolecular Hbond substituents is 4. The quantitative estimate of drug-likeness (QED) is 0.643. The van der Waals surface area contributed by atoms with Crippen molar-refractivity contribution in [1.29, 1.82) is 0 Å². The Labute approximate surface area is 116 Å². The predicted octanol–water partition coefficient (Wildman–Crippen LogP) is 2.25. The molecule has 4 N–H and O–H groups in total. The van der Waals surface area contributed by atoms with E-state index < -0.39 is 0 Å². The largest absolute Gasteiger partial charge is 0.508 e. The van der Waals surface area contributed by atoms with Crippen molar-refractivity contribution in [3.05, 3.63) is 47.0 Å². The highest BCUT2D eigenvalue weighted by atomic mass is 16.5. The standard InChI is InChI=1S/C15H16O5/c1-20-8-11-7-14(18)10(6-15(11)19)4-9-5-12(16)2-3-13(9)17/h2-3,5-7,16-19H,4,8H2,1H3. The van der Waals surface area contributed by atoms with Gasteiger partial charge in [0.25, 0.3) is 0 Å². The molecule has 0 fully saturated rings. The van der Waals surface area contributed by atoms with Crippen LogP contribution in [-0.2, 0) is 17.8 Å². The summed E-state index contributed by atoms with van der Waals surface area (Å²) in [7, 11) is 1.50. The number of ether oxygens (including phenoxy) is 1. The molecule has 2 rings (SSSR count). The van der Waals surface area contributed by atoms with Gasteiger partial charge in [-0.2, -0.15) is 0 Å². The van der Waals surface area contributed by atoms with Gasteiger partial charge in [0.1, 0.15) is 23.0 Å². The number of methoxy groups -OCH3 is 1. The van der Waals surface area contributed by atoms with E-state index in [1.165, 1.54) is 37.4 Å². The van der Waals surface area contributed by atoms with Crippen molar-refractivity contribution < 1.29 is 25.2 Å². The average molecular weight is 276 g/mol. The topological polar surface area (TPSA) is 90.2 Å². The van der Waals surface area contributed by atoms with Crippen LogP contribution in [-0.4, -0.2) is 27.5 Å². The molecule has 106 valence electrons. The number of benzene rings is 2. The summed E-state index contributed by atoms with van der Waals surface area (Å²) < 4.78 is 4.91. The summed E-state index contributed by atoms with van der Waals surface area (Å²) in [5, 5.41) is 38.9. The smallest absolute Gasteiger partial charge is 0.121 e. The van der Waals surface area contributed by atoms with Gasteiger partial charge >= 0.3 is 0 Å². The zero-order valence-electron chi connectivity index (χ0n) is 11.0. The molecular weight excluding hydrogens is 260 g/mol. The molecule has 5 nitrogen and oxygen atoms in total. The SMILES string of the molecule is COCc1cc(O)c(Cc2cc(O)ccc2O)cc1O. The van der Waals surface area contributed by atoms with Crippen molar-refractivity contribution in [2.24, 2.45) is 0 Å². The molecule has 2 aromatic rings. The van der Waals surface area contributed by atoms with Crippen LogP contribution in [0, 0.1) is 0 Å². The van der Waals surface area contributed by atoms with Crippen LogP contribution in [0.2, 0.25) is 0 Å². The molecule has 20 heavy (non-hydrogen) atoms. The van der Waals surface area contributed by atoms with Gasteiger partial charge in [0.2, 0.25) is 0 Å². The Morgan fingerprint density at radius 3 is 2.10 bits per heavy atom. The molecule has 0 aromatic heterocycles. The summed E-state index contributed by atoms with van der Waals surface area (Å²) in [6.07, 6.45) is 0.187. The molecule has 0 saturated heterocycles.